The summed E-state index contributed by atoms with van der Waals surface area (Å²) in [5.41, 5.74) is 6.07. The first kappa shape index (κ1) is 9.29. The van der Waals surface area contributed by atoms with Gasteiger partial charge in [0.05, 0.1) is 15.3 Å². The summed E-state index contributed by atoms with van der Waals surface area (Å²) < 4.78 is 0.848. The molecule has 0 saturated heterocycles. The molecule has 0 fully saturated rings. The van der Waals surface area contributed by atoms with Crippen molar-refractivity contribution in [3.8, 4) is 0 Å². The van der Waals surface area contributed by atoms with Gasteiger partial charge in [-0.1, -0.05) is 0 Å². The van der Waals surface area contributed by atoms with E-state index in [1.165, 1.54) is 17.4 Å². The Morgan fingerprint density at radius 3 is 2.93 bits per heavy atom. The summed E-state index contributed by atoms with van der Waals surface area (Å²) in [6, 6.07) is 3.29. The smallest absolute Gasteiger partial charge is 0.285 e. The van der Waals surface area contributed by atoms with E-state index in [-0.39, 0.29) is 10.6 Å². The molecule has 0 aliphatic rings. The summed E-state index contributed by atoms with van der Waals surface area (Å²) in [7, 11) is 0. The molecule has 1 heterocycles. The molecule has 14 heavy (non-hydrogen) atoms. The largest absolute Gasteiger partial charge is 0.396 e. The number of nitrogens with two attached hydrogens (primary N) is 1. The van der Waals surface area contributed by atoms with Gasteiger partial charge in [-0.15, -0.1) is 24.0 Å². The molecule has 1 aromatic heterocycles. The van der Waals surface area contributed by atoms with Crippen LogP contribution in [0.5, 0.6) is 0 Å². The molecule has 0 amide bonds. The Kier molecular flexibility index (Phi) is 2.09. The van der Waals surface area contributed by atoms with Gasteiger partial charge in [-0.2, -0.15) is 0 Å². The van der Waals surface area contributed by atoms with Gasteiger partial charge in [0.1, 0.15) is 4.90 Å². The predicted octanol–water partition coefficient (Wildman–Crippen LogP) is 2.68. The van der Waals surface area contributed by atoms with Gasteiger partial charge in [0.15, 0.2) is 0 Å². The second-order valence-corrected chi connectivity index (χ2v) is 4.12. The Balaban J connectivity index is 2.87. The van der Waals surface area contributed by atoms with E-state index in [1.54, 1.807) is 6.07 Å². The van der Waals surface area contributed by atoms with E-state index in [2.05, 4.69) is 12.6 Å². The van der Waals surface area contributed by atoms with Crippen LogP contribution in [0.3, 0.4) is 0 Å². The minimum absolute atomic E-state index is 0.0447. The number of hydrogen-bond acceptors (Lipinski definition) is 5. The fourth-order valence-corrected chi connectivity index (χ4v) is 2.43. The number of fused-ring (bicyclic) bond motifs is 1. The van der Waals surface area contributed by atoms with Gasteiger partial charge in [0.25, 0.3) is 5.69 Å². The van der Waals surface area contributed by atoms with E-state index in [4.69, 9.17) is 5.73 Å². The molecule has 72 valence electrons. The second-order valence-electron chi connectivity index (χ2n) is 2.75. The van der Waals surface area contributed by atoms with Crippen molar-refractivity contribution in [1.82, 2.24) is 0 Å². The summed E-state index contributed by atoms with van der Waals surface area (Å²) in [6.07, 6.45) is 0. The molecule has 2 N–H and O–H groups in total. The maximum absolute atomic E-state index is 10.6. The van der Waals surface area contributed by atoms with Crippen LogP contribution < -0.4 is 5.73 Å². The zero-order valence-electron chi connectivity index (χ0n) is 6.93. The number of nitro groups is 1. The van der Waals surface area contributed by atoms with Crippen molar-refractivity contribution in [2.24, 2.45) is 0 Å². The van der Waals surface area contributed by atoms with Crippen molar-refractivity contribution >= 4 is 45.4 Å². The molecule has 0 radical (unpaired) electrons. The first-order valence-electron chi connectivity index (χ1n) is 3.74. The van der Waals surface area contributed by atoms with E-state index < -0.39 is 4.92 Å². The van der Waals surface area contributed by atoms with Crippen LogP contribution in [0.1, 0.15) is 0 Å². The zero-order valence-corrected chi connectivity index (χ0v) is 8.64. The Bertz CT molecular complexity index is 521. The van der Waals surface area contributed by atoms with Gasteiger partial charge in [-0.3, -0.25) is 10.1 Å². The van der Waals surface area contributed by atoms with E-state index in [0.29, 0.717) is 5.69 Å². The lowest BCUT2D eigenvalue weighted by Crippen LogP contribution is -1.94. The average molecular weight is 226 g/mol. The summed E-state index contributed by atoms with van der Waals surface area (Å²) in [5, 5.41) is 13.3. The average Bonchev–Trinajstić information content (AvgIpc) is 2.58. The van der Waals surface area contributed by atoms with Crippen molar-refractivity contribution in [2.75, 3.05) is 5.73 Å². The summed E-state index contributed by atoms with van der Waals surface area (Å²) in [5.74, 6) is 0. The standard InChI is InChI=1S/C8H6N2O2S2/c9-6-7(13)5(10(11)12)3-4-1-2-14-8(4)6/h1-3,13H,9H2. The van der Waals surface area contributed by atoms with Crippen molar-refractivity contribution in [3.63, 3.8) is 0 Å². The number of hydrogen-bond donors (Lipinski definition) is 2. The fraction of sp³-hybridized carbons (Fsp3) is 0. The Hall–Kier alpha value is -1.27. The minimum atomic E-state index is -0.476. The van der Waals surface area contributed by atoms with Crippen LogP contribution in [-0.4, -0.2) is 4.92 Å². The highest BCUT2D eigenvalue weighted by Crippen LogP contribution is 2.37. The Morgan fingerprint density at radius 1 is 1.57 bits per heavy atom. The third kappa shape index (κ3) is 1.23. The molecule has 0 bridgehead atoms. The van der Waals surface area contributed by atoms with E-state index in [0.717, 1.165) is 10.1 Å². The molecule has 4 nitrogen and oxygen atoms in total. The van der Waals surface area contributed by atoms with Crippen LogP contribution in [-0.2, 0) is 0 Å². The van der Waals surface area contributed by atoms with Gasteiger partial charge < -0.3 is 5.73 Å². The number of anilines is 1. The molecular formula is C8H6N2O2S2. The molecule has 0 aliphatic heterocycles. The predicted molar refractivity (Wildman–Crippen MR) is 60.1 cm³/mol. The highest BCUT2D eigenvalue weighted by atomic mass is 32.1. The lowest BCUT2D eigenvalue weighted by atomic mass is 10.2. The number of rotatable bonds is 1. The molecule has 6 heteroatoms. The van der Waals surface area contributed by atoms with Crippen LogP contribution in [0.25, 0.3) is 10.1 Å². The molecule has 0 unspecified atom stereocenters. The SMILES string of the molecule is Nc1c(S)c([N+](=O)[O-])cc2ccsc12. The molecule has 0 aliphatic carbocycles. The molecule has 0 saturated carbocycles. The van der Waals surface area contributed by atoms with Crippen LogP contribution in [0, 0.1) is 10.1 Å². The van der Waals surface area contributed by atoms with Crippen molar-refractivity contribution in [2.45, 2.75) is 4.90 Å². The summed E-state index contributed by atoms with van der Waals surface area (Å²) in [4.78, 5) is 10.4. The van der Waals surface area contributed by atoms with E-state index >= 15 is 0 Å². The number of thiophene rings is 1. The molecule has 2 rings (SSSR count). The number of nitrogens with zero attached hydrogens (tertiary/aromatic N) is 1. The first-order chi connectivity index (χ1) is 6.61. The first-order valence-corrected chi connectivity index (χ1v) is 5.07. The molecular weight excluding hydrogens is 220 g/mol. The Morgan fingerprint density at radius 2 is 2.29 bits per heavy atom. The highest BCUT2D eigenvalue weighted by molar-refractivity contribution is 7.80. The van der Waals surface area contributed by atoms with Gasteiger partial charge in [-0.25, -0.2) is 0 Å². The lowest BCUT2D eigenvalue weighted by molar-refractivity contribution is -0.387. The topological polar surface area (TPSA) is 69.2 Å². The lowest BCUT2D eigenvalue weighted by Gasteiger charge is -2.01. The number of thiol groups is 1. The van der Waals surface area contributed by atoms with Crippen molar-refractivity contribution in [3.05, 3.63) is 27.6 Å². The summed E-state index contributed by atoms with van der Waals surface area (Å²) >= 11 is 5.49. The fourth-order valence-electron chi connectivity index (χ4n) is 1.25. The zero-order chi connectivity index (χ0) is 10.3. The van der Waals surface area contributed by atoms with Gasteiger partial charge in [0, 0.05) is 11.5 Å². The van der Waals surface area contributed by atoms with E-state index in [9.17, 15) is 10.1 Å². The number of nitrogen functional groups attached to an aromatic ring is 1. The van der Waals surface area contributed by atoms with Gasteiger partial charge in [-0.05, 0) is 11.4 Å². The third-order valence-corrected chi connectivity index (χ3v) is 3.36. The van der Waals surface area contributed by atoms with Crippen molar-refractivity contribution in [1.29, 1.82) is 0 Å². The quantitative estimate of drug-likeness (QED) is 0.340. The maximum Gasteiger partial charge on any atom is 0.285 e. The third-order valence-electron chi connectivity index (χ3n) is 1.93. The normalized spacial score (nSPS) is 10.6. The van der Waals surface area contributed by atoms with Gasteiger partial charge in [0.2, 0.25) is 0 Å². The van der Waals surface area contributed by atoms with Crippen LogP contribution >= 0.6 is 24.0 Å². The monoisotopic (exact) mass is 226 g/mol. The second kappa shape index (κ2) is 3.14. The highest BCUT2D eigenvalue weighted by Gasteiger charge is 2.17. The van der Waals surface area contributed by atoms with Crippen molar-refractivity contribution < 1.29 is 4.92 Å². The number of nitro benzene ring substituents is 1. The van der Waals surface area contributed by atoms with Crippen LogP contribution in [0.15, 0.2) is 22.4 Å². The van der Waals surface area contributed by atoms with Crippen LogP contribution in [0.4, 0.5) is 11.4 Å². The summed E-state index contributed by atoms with van der Waals surface area (Å²) in [6.45, 7) is 0. The molecule has 0 spiro atoms. The maximum atomic E-state index is 10.6. The molecule has 0 atom stereocenters. The van der Waals surface area contributed by atoms with E-state index in [1.807, 2.05) is 5.38 Å². The molecule has 1 aromatic carbocycles. The number of benzene rings is 1. The van der Waals surface area contributed by atoms with Gasteiger partial charge >= 0.3 is 0 Å². The molecule has 2 aromatic rings. The Labute approximate surface area is 88.9 Å². The van der Waals surface area contributed by atoms with Crippen LogP contribution in [0.2, 0.25) is 0 Å². The minimum Gasteiger partial charge on any atom is -0.396 e.